The highest BCUT2D eigenvalue weighted by molar-refractivity contribution is 5.49. The van der Waals surface area contributed by atoms with Gasteiger partial charge in [-0.15, -0.1) is 12.3 Å². The second-order valence-corrected chi connectivity index (χ2v) is 4.26. The van der Waals surface area contributed by atoms with Gasteiger partial charge in [0, 0.05) is 24.0 Å². The van der Waals surface area contributed by atoms with Crippen molar-refractivity contribution in [3.63, 3.8) is 0 Å². The van der Waals surface area contributed by atoms with Crippen molar-refractivity contribution in [2.45, 2.75) is 32.0 Å². The van der Waals surface area contributed by atoms with Crippen LogP contribution in [0.5, 0.6) is 11.5 Å². The third-order valence-electron chi connectivity index (χ3n) is 2.92. The number of hydrogen-bond acceptors (Lipinski definition) is 3. The molecule has 0 saturated heterocycles. The maximum Gasteiger partial charge on any atom is 0.125 e. The van der Waals surface area contributed by atoms with Crippen LogP contribution in [0, 0.1) is 12.3 Å². The van der Waals surface area contributed by atoms with Crippen molar-refractivity contribution in [1.82, 2.24) is 0 Å². The Morgan fingerprint density at radius 2 is 2.41 bits per heavy atom. The normalized spacial score (nSPS) is 19.1. The summed E-state index contributed by atoms with van der Waals surface area (Å²) in [6.07, 6.45) is 5.82. The molecule has 0 radical (unpaired) electrons. The molecule has 1 aromatic carbocycles. The molecule has 1 heterocycles. The summed E-state index contributed by atoms with van der Waals surface area (Å²) in [7, 11) is 1.59. The van der Waals surface area contributed by atoms with Crippen molar-refractivity contribution in [2.75, 3.05) is 7.11 Å². The second kappa shape index (κ2) is 4.68. The van der Waals surface area contributed by atoms with Crippen LogP contribution in [0.3, 0.4) is 0 Å². The van der Waals surface area contributed by atoms with E-state index >= 15 is 0 Å². The number of rotatable bonds is 3. The Balaban J connectivity index is 2.39. The Bertz CT molecular complexity index is 459. The van der Waals surface area contributed by atoms with Gasteiger partial charge >= 0.3 is 0 Å². The van der Waals surface area contributed by atoms with Gasteiger partial charge < -0.3 is 14.6 Å². The summed E-state index contributed by atoms with van der Waals surface area (Å²) in [5.74, 6) is 3.94. The third kappa shape index (κ3) is 2.22. The molecule has 0 saturated carbocycles. The summed E-state index contributed by atoms with van der Waals surface area (Å²) in [6, 6.07) is 3.76. The van der Waals surface area contributed by atoms with Gasteiger partial charge in [-0.2, -0.15) is 0 Å². The summed E-state index contributed by atoms with van der Waals surface area (Å²) in [6.45, 7) is 2.02. The molecule has 90 valence electrons. The predicted octanol–water partition coefficient (Wildman–Crippen LogP) is 2.08. The quantitative estimate of drug-likeness (QED) is 0.811. The van der Waals surface area contributed by atoms with Crippen LogP contribution in [0.15, 0.2) is 12.1 Å². The molecule has 3 nitrogen and oxygen atoms in total. The predicted molar refractivity (Wildman–Crippen MR) is 65.2 cm³/mol. The lowest BCUT2D eigenvalue weighted by Gasteiger charge is -2.14. The van der Waals surface area contributed by atoms with Crippen LogP contribution in [0.2, 0.25) is 0 Å². The topological polar surface area (TPSA) is 38.7 Å². The van der Waals surface area contributed by atoms with E-state index < -0.39 is 6.10 Å². The first-order valence-electron chi connectivity index (χ1n) is 5.64. The maximum absolute atomic E-state index is 9.95. The molecule has 0 aliphatic carbocycles. The molecule has 1 aliphatic rings. The van der Waals surface area contributed by atoms with Gasteiger partial charge in [0.2, 0.25) is 0 Å². The van der Waals surface area contributed by atoms with Gasteiger partial charge in [-0.05, 0) is 19.1 Å². The number of ether oxygens (including phenoxy) is 2. The van der Waals surface area contributed by atoms with Gasteiger partial charge in [0.1, 0.15) is 17.6 Å². The van der Waals surface area contributed by atoms with Crippen LogP contribution in [0.4, 0.5) is 0 Å². The van der Waals surface area contributed by atoms with Crippen LogP contribution < -0.4 is 9.47 Å². The minimum absolute atomic E-state index is 0.176. The van der Waals surface area contributed by atoms with Gasteiger partial charge in [-0.3, -0.25) is 0 Å². The van der Waals surface area contributed by atoms with E-state index in [1.54, 1.807) is 7.11 Å². The highest BCUT2D eigenvalue weighted by atomic mass is 16.5. The molecule has 2 atom stereocenters. The number of benzene rings is 1. The highest BCUT2D eigenvalue weighted by Crippen LogP contribution is 2.38. The van der Waals surface area contributed by atoms with E-state index in [0.717, 1.165) is 17.7 Å². The Labute approximate surface area is 101 Å². The van der Waals surface area contributed by atoms with Crippen molar-refractivity contribution < 1.29 is 14.6 Å². The van der Waals surface area contributed by atoms with E-state index in [4.69, 9.17) is 15.9 Å². The van der Waals surface area contributed by atoms with Crippen molar-refractivity contribution in [1.29, 1.82) is 0 Å². The molecule has 2 rings (SSSR count). The average Bonchev–Trinajstić information content (AvgIpc) is 2.66. The Kier molecular flexibility index (Phi) is 3.26. The van der Waals surface area contributed by atoms with Gasteiger partial charge in [0.25, 0.3) is 0 Å². The summed E-state index contributed by atoms with van der Waals surface area (Å²) in [5.41, 5.74) is 1.81. The summed E-state index contributed by atoms with van der Waals surface area (Å²) in [4.78, 5) is 0. The third-order valence-corrected chi connectivity index (χ3v) is 2.92. The SMILES string of the molecule is C#CCC(O)c1cc2c(cc1OC)CC(C)O2. The zero-order chi connectivity index (χ0) is 12.4. The first-order chi connectivity index (χ1) is 8.15. The first-order valence-corrected chi connectivity index (χ1v) is 5.64. The molecule has 0 amide bonds. The van der Waals surface area contributed by atoms with Gasteiger partial charge in [0.15, 0.2) is 0 Å². The number of fused-ring (bicyclic) bond motifs is 1. The average molecular weight is 232 g/mol. The van der Waals surface area contributed by atoms with Crippen LogP contribution >= 0.6 is 0 Å². The zero-order valence-corrected chi connectivity index (χ0v) is 10.1. The van der Waals surface area contributed by atoms with E-state index in [0.29, 0.717) is 11.3 Å². The fourth-order valence-electron chi connectivity index (χ4n) is 2.11. The van der Waals surface area contributed by atoms with E-state index in [2.05, 4.69) is 5.92 Å². The van der Waals surface area contributed by atoms with E-state index in [1.165, 1.54) is 0 Å². The smallest absolute Gasteiger partial charge is 0.125 e. The molecule has 17 heavy (non-hydrogen) atoms. The molecule has 1 N–H and O–H groups in total. The lowest BCUT2D eigenvalue weighted by molar-refractivity contribution is 0.178. The first kappa shape index (κ1) is 11.8. The van der Waals surface area contributed by atoms with Crippen LogP contribution in [0.25, 0.3) is 0 Å². The summed E-state index contributed by atoms with van der Waals surface area (Å²) >= 11 is 0. The van der Waals surface area contributed by atoms with E-state index in [-0.39, 0.29) is 12.5 Å². The van der Waals surface area contributed by atoms with Crippen LogP contribution in [-0.2, 0) is 6.42 Å². The van der Waals surface area contributed by atoms with E-state index in [9.17, 15) is 5.11 Å². The molecule has 1 aliphatic heterocycles. The van der Waals surface area contributed by atoms with Crippen molar-refractivity contribution in [3.05, 3.63) is 23.3 Å². The molecular formula is C14H16O3. The number of terminal acetylenes is 1. The van der Waals surface area contributed by atoms with Crippen LogP contribution in [-0.4, -0.2) is 18.3 Å². The minimum atomic E-state index is -0.709. The number of methoxy groups -OCH3 is 1. The highest BCUT2D eigenvalue weighted by Gasteiger charge is 2.23. The largest absolute Gasteiger partial charge is 0.496 e. The van der Waals surface area contributed by atoms with E-state index in [1.807, 2.05) is 19.1 Å². The maximum atomic E-state index is 9.95. The lowest BCUT2D eigenvalue weighted by atomic mass is 10.0. The second-order valence-electron chi connectivity index (χ2n) is 4.26. The Morgan fingerprint density at radius 1 is 1.65 bits per heavy atom. The van der Waals surface area contributed by atoms with Crippen molar-refractivity contribution in [3.8, 4) is 23.8 Å². The Hall–Kier alpha value is -1.66. The number of aliphatic hydroxyl groups is 1. The molecular weight excluding hydrogens is 216 g/mol. The number of aliphatic hydroxyl groups excluding tert-OH is 1. The molecule has 0 spiro atoms. The fourth-order valence-corrected chi connectivity index (χ4v) is 2.11. The van der Waals surface area contributed by atoms with Crippen molar-refractivity contribution >= 4 is 0 Å². The number of hydrogen-bond donors (Lipinski definition) is 1. The van der Waals surface area contributed by atoms with Gasteiger partial charge in [-0.25, -0.2) is 0 Å². The molecule has 0 fully saturated rings. The molecule has 0 bridgehead atoms. The summed E-state index contributed by atoms with van der Waals surface area (Å²) < 4.78 is 10.9. The van der Waals surface area contributed by atoms with Gasteiger partial charge in [-0.1, -0.05) is 0 Å². The molecule has 0 aromatic heterocycles. The monoisotopic (exact) mass is 232 g/mol. The Morgan fingerprint density at radius 3 is 3.06 bits per heavy atom. The zero-order valence-electron chi connectivity index (χ0n) is 10.1. The summed E-state index contributed by atoms with van der Waals surface area (Å²) in [5, 5.41) is 9.95. The fraction of sp³-hybridized carbons (Fsp3) is 0.429. The molecule has 1 aromatic rings. The minimum Gasteiger partial charge on any atom is -0.496 e. The lowest BCUT2D eigenvalue weighted by Crippen LogP contribution is -2.05. The standard InChI is InChI=1S/C14H16O3/c1-4-5-12(15)11-8-13-10(6-9(2)17-13)7-14(11)16-3/h1,7-9,12,15H,5-6H2,2-3H3. The van der Waals surface area contributed by atoms with Gasteiger partial charge in [0.05, 0.1) is 13.2 Å². The van der Waals surface area contributed by atoms with Crippen LogP contribution in [0.1, 0.15) is 30.6 Å². The van der Waals surface area contributed by atoms with Crippen molar-refractivity contribution in [2.24, 2.45) is 0 Å². The molecule has 3 heteroatoms. The molecule has 2 unspecified atom stereocenters.